The third kappa shape index (κ3) is 8.33. The summed E-state index contributed by atoms with van der Waals surface area (Å²) in [4.78, 5) is 2.60. The molecule has 28 heavy (non-hydrogen) atoms. The molecule has 0 saturated heterocycles. The molecule has 0 spiro atoms. The summed E-state index contributed by atoms with van der Waals surface area (Å²) in [6, 6.07) is 17.8. The quantitative estimate of drug-likeness (QED) is 0.251. The molecule has 152 valence electrons. The molecule has 2 rings (SSSR count). The van der Waals surface area contributed by atoms with Crippen LogP contribution in [0.2, 0.25) is 0 Å². The number of aryl methyl sites for hydroxylation is 1. The molecule has 0 N–H and O–H groups in total. The Morgan fingerprint density at radius 3 is 1.54 bits per heavy atom. The molecule has 0 aliphatic rings. The highest BCUT2D eigenvalue weighted by molar-refractivity contribution is 5.70. The molecule has 1 nitrogen and oxygen atoms in total. The molecule has 2 aromatic rings. The molecule has 0 amide bonds. The molecule has 0 unspecified atom stereocenters. The Morgan fingerprint density at radius 1 is 0.607 bits per heavy atom. The van der Waals surface area contributed by atoms with Crippen molar-refractivity contribution in [3.63, 3.8) is 0 Å². The second kappa shape index (κ2) is 13.2. The molecule has 0 heterocycles. The number of hydrogen-bond acceptors (Lipinski definition) is 1. The van der Waals surface area contributed by atoms with E-state index in [2.05, 4.69) is 86.4 Å². The molecule has 0 aliphatic carbocycles. The van der Waals surface area contributed by atoms with E-state index in [1.54, 1.807) is 0 Å². The van der Waals surface area contributed by atoms with Gasteiger partial charge in [0.25, 0.3) is 0 Å². The number of hydrogen-bond donors (Lipinski definition) is 0. The van der Waals surface area contributed by atoms with E-state index < -0.39 is 0 Å². The van der Waals surface area contributed by atoms with Crippen molar-refractivity contribution in [1.82, 2.24) is 0 Å². The molecule has 0 saturated carbocycles. The van der Waals surface area contributed by atoms with E-state index in [4.69, 9.17) is 0 Å². The van der Waals surface area contributed by atoms with E-state index >= 15 is 0 Å². The van der Waals surface area contributed by atoms with Crippen LogP contribution in [-0.4, -0.2) is 13.1 Å². The first-order valence-corrected chi connectivity index (χ1v) is 11.3. The monoisotopic (exact) mass is 377 g/mol. The van der Waals surface area contributed by atoms with Crippen LogP contribution in [0.4, 0.5) is 5.69 Å². The molecular formula is C27H39N. The van der Waals surface area contributed by atoms with Crippen molar-refractivity contribution < 1.29 is 0 Å². The summed E-state index contributed by atoms with van der Waals surface area (Å²) in [6.45, 7) is 9.06. The van der Waals surface area contributed by atoms with Crippen LogP contribution in [0.3, 0.4) is 0 Å². The summed E-state index contributed by atoms with van der Waals surface area (Å²) in [5.41, 5.74) is 5.20. The van der Waals surface area contributed by atoms with Gasteiger partial charge >= 0.3 is 0 Å². The van der Waals surface area contributed by atoms with Gasteiger partial charge in [0.1, 0.15) is 0 Å². The predicted octanol–water partition coefficient (Wildman–Crippen LogP) is 8.13. The molecule has 0 aliphatic heterocycles. The number of rotatable bonds is 13. The number of benzene rings is 2. The summed E-state index contributed by atoms with van der Waals surface area (Å²) in [6.07, 6.45) is 15.0. The highest BCUT2D eigenvalue weighted by Crippen LogP contribution is 2.19. The highest BCUT2D eigenvalue weighted by Gasteiger charge is 2.06. The predicted molar refractivity (Wildman–Crippen MR) is 127 cm³/mol. The third-order valence-corrected chi connectivity index (χ3v) is 5.37. The van der Waals surface area contributed by atoms with Crippen LogP contribution in [0.25, 0.3) is 12.2 Å². The summed E-state index contributed by atoms with van der Waals surface area (Å²) < 4.78 is 0. The summed E-state index contributed by atoms with van der Waals surface area (Å²) in [7, 11) is 0. The van der Waals surface area contributed by atoms with Gasteiger partial charge in [-0.05, 0) is 43.0 Å². The lowest BCUT2D eigenvalue weighted by molar-refractivity contribution is 0.609. The summed E-state index contributed by atoms with van der Waals surface area (Å²) in [5.74, 6) is 0. The molecule has 0 atom stereocenters. The topological polar surface area (TPSA) is 3.24 Å². The van der Waals surface area contributed by atoms with Crippen LogP contribution >= 0.6 is 0 Å². The Labute approximate surface area is 173 Å². The fraction of sp³-hybridized carbons (Fsp3) is 0.481. The minimum absolute atomic E-state index is 1.19. The van der Waals surface area contributed by atoms with E-state index in [1.165, 1.54) is 86.8 Å². The normalized spacial score (nSPS) is 11.2. The first kappa shape index (κ1) is 22.3. The highest BCUT2D eigenvalue weighted by atomic mass is 15.1. The van der Waals surface area contributed by atoms with Crippen molar-refractivity contribution in [3.8, 4) is 0 Å². The van der Waals surface area contributed by atoms with Gasteiger partial charge in [-0.25, -0.2) is 0 Å². The summed E-state index contributed by atoms with van der Waals surface area (Å²) in [5, 5.41) is 0. The molecule has 0 aromatic heterocycles. The fourth-order valence-corrected chi connectivity index (χ4v) is 3.50. The first-order valence-electron chi connectivity index (χ1n) is 11.3. The van der Waals surface area contributed by atoms with Gasteiger partial charge in [-0.2, -0.15) is 0 Å². The Bertz CT molecular complexity index is 654. The lowest BCUT2D eigenvalue weighted by Crippen LogP contribution is -2.25. The van der Waals surface area contributed by atoms with Crippen LogP contribution in [-0.2, 0) is 0 Å². The zero-order chi connectivity index (χ0) is 20.0. The average Bonchev–Trinajstić information content (AvgIpc) is 2.73. The minimum Gasteiger partial charge on any atom is -0.372 e. The van der Waals surface area contributed by atoms with Gasteiger partial charge < -0.3 is 4.90 Å². The third-order valence-electron chi connectivity index (χ3n) is 5.37. The van der Waals surface area contributed by atoms with Crippen LogP contribution in [0.5, 0.6) is 0 Å². The first-order chi connectivity index (χ1) is 13.7. The van der Waals surface area contributed by atoms with Crippen LogP contribution in [0.15, 0.2) is 48.5 Å². The van der Waals surface area contributed by atoms with E-state index in [-0.39, 0.29) is 0 Å². The second-order valence-electron chi connectivity index (χ2n) is 7.94. The molecule has 0 fully saturated rings. The second-order valence-corrected chi connectivity index (χ2v) is 7.94. The van der Waals surface area contributed by atoms with Gasteiger partial charge in [0.2, 0.25) is 0 Å². The maximum atomic E-state index is 2.60. The molecule has 2 aromatic carbocycles. The van der Waals surface area contributed by atoms with E-state index in [0.29, 0.717) is 0 Å². The van der Waals surface area contributed by atoms with Crippen molar-refractivity contribution in [3.05, 3.63) is 65.2 Å². The molecule has 0 radical (unpaired) electrons. The zero-order valence-corrected chi connectivity index (χ0v) is 18.3. The largest absolute Gasteiger partial charge is 0.372 e. The number of anilines is 1. The summed E-state index contributed by atoms with van der Waals surface area (Å²) >= 11 is 0. The van der Waals surface area contributed by atoms with E-state index in [1.807, 2.05) is 0 Å². The van der Waals surface area contributed by atoms with Crippen LogP contribution in [0.1, 0.15) is 81.9 Å². The molecular weight excluding hydrogens is 338 g/mol. The standard InChI is InChI=1S/C27H39N/c1-4-6-8-10-22-28(23-11-9-7-5-2)27-20-18-26(19-21-27)17-16-25-14-12-24(3)13-15-25/h12-21H,4-11,22-23H2,1-3H3/b17-16+. The Balaban J connectivity index is 1.96. The van der Waals surface area contributed by atoms with Gasteiger partial charge in [-0.1, -0.05) is 106 Å². The Hall–Kier alpha value is -2.02. The van der Waals surface area contributed by atoms with Crippen LogP contribution < -0.4 is 4.90 Å². The lowest BCUT2D eigenvalue weighted by atomic mass is 10.1. The van der Waals surface area contributed by atoms with Crippen molar-refractivity contribution >= 4 is 17.8 Å². The molecule has 1 heteroatoms. The van der Waals surface area contributed by atoms with E-state index in [0.717, 1.165) is 0 Å². The van der Waals surface area contributed by atoms with Gasteiger partial charge in [-0.3, -0.25) is 0 Å². The minimum atomic E-state index is 1.19. The van der Waals surface area contributed by atoms with Crippen LogP contribution in [0, 0.1) is 6.92 Å². The fourth-order valence-electron chi connectivity index (χ4n) is 3.50. The number of unbranched alkanes of at least 4 members (excludes halogenated alkanes) is 6. The van der Waals surface area contributed by atoms with Gasteiger partial charge in [0, 0.05) is 18.8 Å². The van der Waals surface area contributed by atoms with Crippen molar-refractivity contribution in [2.24, 2.45) is 0 Å². The lowest BCUT2D eigenvalue weighted by Gasteiger charge is -2.25. The SMILES string of the molecule is CCCCCCN(CCCCCC)c1ccc(/C=C/c2ccc(C)cc2)cc1. The van der Waals surface area contributed by atoms with Gasteiger partial charge in [0.15, 0.2) is 0 Å². The van der Waals surface area contributed by atoms with Gasteiger partial charge in [0.05, 0.1) is 0 Å². The Morgan fingerprint density at radius 2 is 1.07 bits per heavy atom. The number of nitrogens with zero attached hydrogens (tertiary/aromatic N) is 1. The Kier molecular flexibility index (Phi) is 10.5. The average molecular weight is 378 g/mol. The van der Waals surface area contributed by atoms with Crippen molar-refractivity contribution in [2.45, 2.75) is 72.1 Å². The van der Waals surface area contributed by atoms with Crippen molar-refractivity contribution in [2.75, 3.05) is 18.0 Å². The molecule has 0 bridgehead atoms. The zero-order valence-electron chi connectivity index (χ0n) is 18.3. The maximum Gasteiger partial charge on any atom is 0.0366 e. The smallest absolute Gasteiger partial charge is 0.0366 e. The van der Waals surface area contributed by atoms with E-state index in [9.17, 15) is 0 Å². The maximum absolute atomic E-state index is 2.60. The van der Waals surface area contributed by atoms with Crippen molar-refractivity contribution in [1.29, 1.82) is 0 Å². The van der Waals surface area contributed by atoms with Gasteiger partial charge in [-0.15, -0.1) is 0 Å².